The molecule has 1 aliphatic rings. The number of rotatable bonds is 4. The van der Waals surface area contributed by atoms with Crippen molar-refractivity contribution in [2.75, 3.05) is 7.11 Å². The average Bonchev–Trinajstić information content (AvgIpc) is 2.74. The highest BCUT2D eigenvalue weighted by Gasteiger charge is 2.44. The van der Waals surface area contributed by atoms with Gasteiger partial charge in [-0.1, -0.05) is 33.8 Å². The molecule has 0 radical (unpaired) electrons. The molecule has 0 saturated heterocycles. The zero-order chi connectivity index (χ0) is 19.0. The minimum absolute atomic E-state index is 0.102. The highest BCUT2D eigenvalue weighted by molar-refractivity contribution is 6.74. The fourth-order valence-electron chi connectivity index (χ4n) is 2.92. The summed E-state index contributed by atoms with van der Waals surface area (Å²) in [5.41, 5.74) is 2.98. The maximum absolute atomic E-state index is 12.6. The van der Waals surface area contributed by atoms with Crippen LogP contribution in [0.2, 0.25) is 18.1 Å². The number of Topliss-reactive ketones (excluding diaryl/α,β-unsaturated/α-hetero) is 1. The number of methoxy groups -OCH3 is 1. The maximum atomic E-state index is 12.6. The van der Waals surface area contributed by atoms with Gasteiger partial charge in [-0.15, -0.1) is 0 Å². The van der Waals surface area contributed by atoms with E-state index in [2.05, 4.69) is 40.8 Å². The van der Waals surface area contributed by atoms with Gasteiger partial charge in [0, 0.05) is 12.0 Å². The Morgan fingerprint density at radius 1 is 1.24 bits per heavy atom. The lowest BCUT2D eigenvalue weighted by Gasteiger charge is -2.39. The molecule has 25 heavy (non-hydrogen) atoms. The van der Waals surface area contributed by atoms with Crippen LogP contribution < -0.4 is 4.74 Å². The Hall–Kier alpha value is -1.39. The molecule has 1 aromatic carbocycles. The van der Waals surface area contributed by atoms with Crippen molar-refractivity contribution in [3.8, 4) is 5.75 Å². The summed E-state index contributed by atoms with van der Waals surface area (Å²) >= 11 is 0. The van der Waals surface area contributed by atoms with Crippen LogP contribution in [-0.2, 0) is 9.22 Å². The molecule has 0 spiro atoms. The van der Waals surface area contributed by atoms with E-state index in [9.17, 15) is 4.79 Å². The van der Waals surface area contributed by atoms with Gasteiger partial charge >= 0.3 is 0 Å². The van der Waals surface area contributed by atoms with E-state index in [0.29, 0.717) is 6.42 Å². The molecule has 2 rings (SSSR count). The lowest BCUT2D eigenvalue weighted by Crippen LogP contribution is -2.45. The van der Waals surface area contributed by atoms with Crippen LogP contribution in [0.15, 0.2) is 23.8 Å². The Balaban J connectivity index is 2.38. The lowest BCUT2D eigenvalue weighted by atomic mass is 10.0. The molecule has 0 aliphatic heterocycles. The molecule has 0 N–H and O–H groups in total. The van der Waals surface area contributed by atoms with Gasteiger partial charge in [-0.2, -0.15) is 0 Å². The summed E-state index contributed by atoms with van der Waals surface area (Å²) in [6, 6.07) is 5.95. The topological polar surface area (TPSA) is 35.5 Å². The lowest BCUT2D eigenvalue weighted by molar-refractivity contribution is -0.114. The summed E-state index contributed by atoms with van der Waals surface area (Å²) in [4.78, 5) is 12.6. The SMILES string of the molecule is COc1ccc(/C=C2\C(=O)CC(C)C2O[Si](C)(C)C(C)(C)C)c(C)c1. The van der Waals surface area contributed by atoms with Gasteiger partial charge in [0.15, 0.2) is 14.1 Å². The first-order valence-electron chi connectivity index (χ1n) is 9.03. The van der Waals surface area contributed by atoms with Crippen molar-refractivity contribution in [2.24, 2.45) is 5.92 Å². The van der Waals surface area contributed by atoms with E-state index in [1.165, 1.54) is 0 Å². The molecule has 2 unspecified atom stereocenters. The number of hydrogen-bond acceptors (Lipinski definition) is 3. The van der Waals surface area contributed by atoms with Gasteiger partial charge in [-0.3, -0.25) is 4.79 Å². The Morgan fingerprint density at radius 3 is 2.40 bits per heavy atom. The largest absolute Gasteiger partial charge is 0.497 e. The first-order valence-corrected chi connectivity index (χ1v) is 11.9. The van der Waals surface area contributed by atoms with Gasteiger partial charge in [0.05, 0.1) is 13.2 Å². The fourth-order valence-corrected chi connectivity index (χ4v) is 4.27. The second-order valence-corrected chi connectivity index (χ2v) is 13.5. The smallest absolute Gasteiger partial charge is 0.192 e. The minimum atomic E-state index is -1.94. The summed E-state index contributed by atoms with van der Waals surface area (Å²) in [5.74, 6) is 1.28. The third-order valence-electron chi connectivity index (χ3n) is 5.67. The van der Waals surface area contributed by atoms with E-state index >= 15 is 0 Å². The van der Waals surface area contributed by atoms with Gasteiger partial charge in [0.1, 0.15) is 5.75 Å². The van der Waals surface area contributed by atoms with E-state index in [-0.39, 0.29) is 22.8 Å². The van der Waals surface area contributed by atoms with Crippen LogP contribution in [0.1, 0.15) is 45.2 Å². The van der Waals surface area contributed by atoms with E-state index in [1.54, 1.807) is 7.11 Å². The van der Waals surface area contributed by atoms with Crippen molar-refractivity contribution < 1.29 is 14.0 Å². The van der Waals surface area contributed by atoms with Crippen molar-refractivity contribution in [2.45, 2.75) is 65.3 Å². The van der Waals surface area contributed by atoms with Crippen molar-refractivity contribution in [1.82, 2.24) is 0 Å². The maximum Gasteiger partial charge on any atom is 0.192 e. The van der Waals surface area contributed by atoms with Crippen LogP contribution in [0.4, 0.5) is 0 Å². The highest BCUT2D eigenvalue weighted by atomic mass is 28.4. The Morgan fingerprint density at radius 2 is 1.88 bits per heavy atom. The van der Waals surface area contributed by atoms with Crippen LogP contribution in [0.3, 0.4) is 0 Å². The number of aryl methyl sites for hydroxylation is 1. The molecule has 1 saturated carbocycles. The van der Waals surface area contributed by atoms with Crippen LogP contribution >= 0.6 is 0 Å². The first-order chi connectivity index (χ1) is 11.5. The van der Waals surface area contributed by atoms with Crippen LogP contribution in [0, 0.1) is 12.8 Å². The number of hydrogen-bond donors (Lipinski definition) is 0. The van der Waals surface area contributed by atoms with E-state index in [1.807, 2.05) is 31.2 Å². The third-order valence-corrected chi connectivity index (χ3v) is 10.1. The van der Waals surface area contributed by atoms with Crippen molar-refractivity contribution in [3.63, 3.8) is 0 Å². The van der Waals surface area contributed by atoms with Gasteiger partial charge in [-0.05, 0) is 60.3 Å². The van der Waals surface area contributed by atoms with Crippen LogP contribution in [0.5, 0.6) is 5.75 Å². The number of ketones is 1. The molecule has 0 aromatic heterocycles. The van der Waals surface area contributed by atoms with Crippen molar-refractivity contribution in [1.29, 1.82) is 0 Å². The summed E-state index contributed by atoms with van der Waals surface area (Å²) in [5, 5.41) is 0.125. The van der Waals surface area contributed by atoms with Gasteiger partial charge in [-0.25, -0.2) is 0 Å². The fraction of sp³-hybridized carbons (Fsp3) is 0.571. The Bertz CT molecular complexity index is 683. The molecule has 2 atom stereocenters. The summed E-state index contributed by atoms with van der Waals surface area (Å²) < 4.78 is 11.9. The second kappa shape index (κ2) is 7.08. The van der Waals surface area contributed by atoms with Gasteiger partial charge < -0.3 is 9.16 Å². The molecule has 3 nitrogen and oxygen atoms in total. The number of ether oxygens (including phenoxy) is 1. The molecular weight excluding hydrogens is 328 g/mol. The molecule has 0 bridgehead atoms. The zero-order valence-corrected chi connectivity index (χ0v) is 17.9. The normalized spacial score (nSPS) is 23.4. The van der Waals surface area contributed by atoms with Crippen molar-refractivity contribution in [3.05, 3.63) is 34.9 Å². The van der Waals surface area contributed by atoms with E-state index in [0.717, 1.165) is 22.4 Å². The molecule has 0 heterocycles. The van der Waals surface area contributed by atoms with Crippen LogP contribution in [0.25, 0.3) is 6.08 Å². The molecule has 4 heteroatoms. The predicted molar refractivity (Wildman–Crippen MR) is 107 cm³/mol. The Kier molecular flexibility index (Phi) is 5.64. The second-order valence-electron chi connectivity index (χ2n) is 8.73. The van der Waals surface area contributed by atoms with Crippen LogP contribution in [-0.4, -0.2) is 27.3 Å². The Labute approximate surface area is 153 Å². The molecule has 1 aromatic rings. The summed E-state index contributed by atoms with van der Waals surface area (Å²) in [6.07, 6.45) is 2.49. The number of carbonyl (C=O) groups is 1. The molecule has 138 valence electrons. The molecular formula is C21H32O3Si. The summed E-state index contributed by atoms with van der Waals surface area (Å²) in [7, 11) is -0.277. The highest BCUT2D eigenvalue weighted by Crippen LogP contribution is 2.42. The molecule has 1 aliphatic carbocycles. The monoisotopic (exact) mass is 360 g/mol. The average molecular weight is 361 g/mol. The number of carbonyl (C=O) groups excluding carboxylic acids is 1. The van der Waals surface area contributed by atoms with Crippen molar-refractivity contribution >= 4 is 20.2 Å². The molecule has 1 fully saturated rings. The van der Waals surface area contributed by atoms with Gasteiger partial charge in [0.25, 0.3) is 0 Å². The molecule has 0 amide bonds. The minimum Gasteiger partial charge on any atom is -0.497 e. The predicted octanol–water partition coefficient (Wildman–Crippen LogP) is 5.39. The zero-order valence-electron chi connectivity index (χ0n) is 16.9. The number of benzene rings is 1. The quantitative estimate of drug-likeness (QED) is 0.534. The van der Waals surface area contributed by atoms with E-state index in [4.69, 9.17) is 9.16 Å². The standard InChI is InChI=1S/C21H32O3Si/c1-14-11-17(23-6)10-9-16(14)13-18-19(22)12-15(2)20(18)24-25(7,8)21(3,4)5/h9-11,13,15,20H,12H2,1-8H3/b18-13+. The first kappa shape index (κ1) is 19.9. The summed E-state index contributed by atoms with van der Waals surface area (Å²) in [6.45, 7) is 15.4. The van der Waals surface area contributed by atoms with Gasteiger partial charge in [0.2, 0.25) is 0 Å². The van der Waals surface area contributed by atoms with E-state index < -0.39 is 8.32 Å². The third kappa shape index (κ3) is 4.24.